The largest absolute Gasteiger partial charge is 0.381 e. The van der Waals surface area contributed by atoms with E-state index in [4.69, 9.17) is 4.74 Å². The maximum atomic E-state index is 13.8. The molecule has 1 aliphatic rings. The molecule has 5 heteroatoms. The second-order valence-corrected chi connectivity index (χ2v) is 4.42. The van der Waals surface area contributed by atoms with E-state index in [0.29, 0.717) is 19.8 Å². The zero-order valence-electron chi connectivity index (χ0n) is 10.2. The highest BCUT2D eigenvalue weighted by Gasteiger charge is 2.29. The monoisotopic (exact) mass is 259 g/mol. The van der Waals surface area contributed by atoms with Crippen molar-refractivity contribution in [1.82, 2.24) is 5.32 Å². The van der Waals surface area contributed by atoms with Gasteiger partial charge in [-0.1, -0.05) is 13.0 Å². The summed E-state index contributed by atoms with van der Waals surface area (Å²) in [6.07, 6.45) is 0.788. The fraction of sp³-hybridized carbons (Fsp3) is 0.538. The first-order chi connectivity index (χ1) is 8.65. The highest BCUT2D eigenvalue weighted by molar-refractivity contribution is 5.24. The van der Waals surface area contributed by atoms with Crippen LogP contribution in [-0.4, -0.2) is 19.8 Å². The SMILES string of the molecule is CCNC(c1ccc(F)c(F)c1F)C1CCOC1. The van der Waals surface area contributed by atoms with Gasteiger partial charge in [0.05, 0.1) is 6.61 Å². The Morgan fingerprint density at radius 1 is 1.33 bits per heavy atom. The summed E-state index contributed by atoms with van der Waals surface area (Å²) >= 11 is 0. The van der Waals surface area contributed by atoms with E-state index >= 15 is 0 Å². The van der Waals surface area contributed by atoms with Crippen molar-refractivity contribution >= 4 is 0 Å². The fourth-order valence-electron chi connectivity index (χ4n) is 2.35. The Kier molecular flexibility index (Phi) is 4.24. The van der Waals surface area contributed by atoms with Crippen molar-refractivity contribution in [2.75, 3.05) is 19.8 Å². The first kappa shape index (κ1) is 13.4. The molecular formula is C13H16F3NO. The number of hydrogen-bond donors (Lipinski definition) is 1. The van der Waals surface area contributed by atoms with Crippen molar-refractivity contribution in [2.24, 2.45) is 5.92 Å². The predicted octanol–water partition coefficient (Wildman–Crippen LogP) is 2.79. The van der Waals surface area contributed by atoms with E-state index in [2.05, 4.69) is 5.32 Å². The van der Waals surface area contributed by atoms with Gasteiger partial charge in [-0.25, -0.2) is 13.2 Å². The molecule has 2 atom stereocenters. The van der Waals surface area contributed by atoms with Gasteiger partial charge in [-0.15, -0.1) is 0 Å². The molecule has 0 saturated carbocycles. The van der Waals surface area contributed by atoms with Gasteiger partial charge in [0.2, 0.25) is 0 Å². The first-order valence-corrected chi connectivity index (χ1v) is 6.09. The summed E-state index contributed by atoms with van der Waals surface area (Å²) in [4.78, 5) is 0. The van der Waals surface area contributed by atoms with Crippen LogP contribution in [0.1, 0.15) is 24.9 Å². The van der Waals surface area contributed by atoms with Crippen LogP contribution in [0.25, 0.3) is 0 Å². The van der Waals surface area contributed by atoms with Gasteiger partial charge in [-0.2, -0.15) is 0 Å². The van der Waals surface area contributed by atoms with Crippen LogP contribution in [0.2, 0.25) is 0 Å². The normalized spacial score (nSPS) is 21.2. The van der Waals surface area contributed by atoms with E-state index in [0.717, 1.165) is 12.5 Å². The minimum atomic E-state index is -1.41. The van der Waals surface area contributed by atoms with Crippen molar-refractivity contribution < 1.29 is 17.9 Å². The molecule has 100 valence electrons. The summed E-state index contributed by atoms with van der Waals surface area (Å²) < 4.78 is 45.3. The lowest BCUT2D eigenvalue weighted by molar-refractivity contribution is 0.176. The summed E-state index contributed by atoms with van der Waals surface area (Å²) in [6, 6.07) is 1.93. The molecule has 2 nitrogen and oxygen atoms in total. The molecule has 1 fully saturated rings. The molecule has 1 aliphatic heterocycles. The average molecular weight is 259 g/mol. The van der Waals surface area contributed by atoms with Crippen LogP contribution in [0.3, 0.4) is 0 Å². The van der Waals surface area contributed by atoms with Gasteiger partial charge in [0.15, 0.2) is 17.5 Å². The molecule has 18 heavy (non-hydrogen) atoms. The fourth-order valence-corrected chi connectivity index (χ4v) is 2.35. The summed E-state index contributed by atoms with van der Waals surface area (Å²) in [5.41, 5.74) is 0.172. The van der Waals surface area contributed by atoms with E-state index in [1.165, 1.54) is 6.07 Å². The Balaban J connectivity index is 2.32. The van der Waals surface area contributed by atoms with Crippen molar-refractivity contribution in [1.29, 1.82) is 0 Å². The topological polar surface area (TPSA) is 21.3 Å². The van der Waals surface area contributed by atoms with Gasteiger partial charge in [0.1, 0.15) is 0 Å². The van der Waals surface area contributed by atoms with Crippen molar-refractivity contribution in [3.8, 4) is 0 Å². The molecule has 1 aromatic carbocycles. The predicted molar refractivity (Wildman–Crippen MR) is 61.7 cm³/mol. The molecule has 1 heterocycles. The Morgan fingerprint density at radius 2 is 2.11 bits per heavy atom. The summed E-state index contributed by atoms with van der Waals surface area (Å²) in [6.45, 7) is 3.65. The highest BCUT2D eigenvalue weighted by atomic mass is 19.2. The molecule has 0 aliphatic carbocycles. The average Bonchev–Trinajstić information content (AvgIpc) is 2.88. The smallest absolute Gasteiger partial charge is 0.194 e. The lowest BCUT2D eigenvalue weighted by Gasteiger charge is -2.24. The van der Waals surface area contributed by atoms with E-state index < -0.39 is 17.5 Å². The number of ether oxygens (including phenoxy) is 1. The van der Waals surface area contributed by atoms with E-state index in [9.17, 15) is 13.2 Å². The Bertz CT molecular complexity index is 419. The number of nitrogens with one attached hydrogen (secondary N) is 1. The van der Waals surface area contributed by atoms with Crippen LogP contribution in [0.5, 0.6) is 0 Å². The second-order valence-electron chi connectivity index (χ2n) is 4.42. The third kappa shape index (κ3) is 2.52. The van der Waals surface area contributed by atoms with Crippen LogP contribution in [0, 0.1) is 23.4 Å². The van der Waals surface area contributed by atoms with Crippen molar-refractivity contribution in [3.63, 3.8) is 0 Å². The van der Waals surface area contributed by atoms with E-state index in [-0.39, 0.29) is 17.5 Å². The number of halogens is 3. The molecule has 1 N–H and O–H groups in total. The lowest BCUT2D eigenvalue weighted by atomic mass is 9.91. The molecule has 0 bridgehead atoms. The zero-order chi connectivity index (χ0) is 13.1. The van der Waals surface area contributed by atoms with Crippen molar-refractivity contribution in [3.05, 3.63) is 35.1 Å². The molecule has 0 aromatic heterocycles. The van der Waals surface area contributed by atoms with Crippen LogP contribution in [-0.2, 0) is 4.74 Å². The first-order valence-electron chi connectivity index (χ1n) is 6.09. The van der Waals surface area contributed by atoms with Gasteiger partial charge in [0, 0.05) is 24.1 Å². The van der Waals surface area contributed by atoms with E-state index in [1.807, 2.05) is 6.92 Å². The van der Waals surface area contributed by atoms with Crippen LogP contribution in [0.15, 0.2) is 12.1 Å². The Labute approximate surface area is 104 Å². The Hall–Kier alpha value is -1.07. The Morgan fingerprint density at radius 3 is 2.72 bits per heavy atom. The maximum absolute atomic E-state index is 13.8. The number of rotatable bonds is 4. The minimum Gasteiger partial charge on any atom is -0.381 e. The quantitative estimate of drug-likeness (QED) is 0.839. The third-order valence-corrected chi connectivity index (χ3v) is 3.26. The lowest BCUT2D eigenvalue weighted by Crippen LogP contribution is -2.29. The van der Waals surface area contributed by atoms with Gasteiger partial charge >= 0.3 is 0 Å². The summed E-state index contributed by atoms with van der Waals surface area (Å²) in [5.74, 6) is -3.58. The van der Waals surface area contributed by atoms with Crippen LogP contribution >= 0.6 is 0 Å². The summed E-state index contributed by atoms with van der Waals surface area (Å²) in [5, 5.41) is 3.12. The zero-order valence-corrected chi connectivity index (χ0v) is 10.2. The van der Waals surface area contributed by atoms with Gasteiger partial charge < -0.3 is 10.1 Å². The van der Waals surface area contributed by atoms with E-state index in [1.54, 1.807) is 0 Å². The maximum Gasteiger partial charge on any atom is 0.194 e. The number of hydrogen-bond acceptors (Lipinski definition) is 2. The molecule has 2 unspecified atom stereocenters. The second kappa shape index (κ2) is 5.71. The van der Waals surface area contributed by atoms with Crippen LogP contribution in [0.4, 0.5) is 13.2 Å². The molecule has 0 amide bonds. The summed E-state index contributed by atoms with van der Waals surface area (Å²) in [7, 11) is 0. The minimum absolute atomic E-state index is 0.0873. The molecule has 1 aromatic rings. The van der Waals surface area contributed by atoms with Gasteiger partial charge in [0.25, 0.3) is 0 Å². The van der Waals surface area contributed by atoms with Crippen molar-refractivity contribution in [2.45, 2.75) is 19.4 Å². The third-order valence-electron chi connectivity index (χ3n) is 3.26. The highest BCUT2D eigenvalue weighted by Crippen LogP contribution is 2.31. The molecule has 2 rings (SSSR count). The molecule has 0 radical (unpaired) electrons. The van der Waals surface area contributed by atoms with Gasteiger partial charge in [-0.3, -0.25) is 0 Å². The standard InChI is InChI=1S/C13H16F3NO/c1-2-17-13(8-5-6-18-7-8)9-3-4-10(14)12(16)11(9)15/h3-4,8,13,17H,2,5-7H2,1H3. The molecular weight excluding hydrogens is 243 g/mol. The molecule has 1 saturated heterocycles. The number of benzene rings is 1. The van der Waals surface area contributed by atoms with Gasteiger partial charge in [-0.05, 0) is 19.0 Å². The molecule has 0 spiro atoms. The van der Waals surface area contributed by atoms with Crippen LogP contribution < -0.4 is 5.32 Å².